The monoisotopic (exact) mass is 396 g/mol. The molecule has 0 aliphatic rings. The average Bonchev–Trinajstić information content (AvgIpc) is 3.00. The number of nitro benzene ring substituents is 1. The van der Waals surface area contributed by atoms with E-state index in [1.807, 2.05) is 37.3 Å². The van der Waals surface area contributed by atoms with Crippen molar-refractivity contribution >= 4 is 35.1 Å². The van der Waals surface area contributed by atoms with Crippen molar-refractivity contribution in [2.75, 3.05) is 5.32 Å². The van der Waals surface area contributed by atoms with Crippen molar-refractivity contribution in [1.82, 2.24) is 9.78 Å². The molecule has 8 heteroatoms. The van der Waals surface area contributed by atoms with Gasteiger partial charge in [0, 0.05) is 18.2 Å². The summed E-state index contributed by atoms with van der Waals surface area (Å²) in [4.78, 5) is 22.7. The largest absolute Gasteiger partial charge is 0.307 e. The first-order chi connectivity index (χ1) is 13.4. The lowest BCUT2D eigenvalue weighted by atomic mass is 10.2. The van der Waals surface area contributed by atoms with Gasteiger partial charge in [0.05, 0.1) is 17.2 Å². The first-order valence-electron chi connectivity index (χ1n) is 8.44. The van der Waals surface area contributed by atoms with Crippen LogP contribution in [0.4, 0.5) is 11.5 Å². The Labute approximate surface area is 166 Å². The van der Waals surface area contributed by atoms with Gasteiger partial charge >= 0.3 is 0 Å². The molecule has 3 aromatic rings. The van der Waals surface area contributed by atoms with Crippen LogP contribution in [0.2, 0.25) is 5.02 Å². The summed E-state index contributed by atoms with van der Waals surface area (Å²) in [6.45, 7) is 2.37. The normalized spacial score (nSPS) is 10.9. The molecule has 0 unspecified atom stereocenters. The van der Waals surface area contributed by atoms with E-state index < -0.39 is 4.92 Å². The SMILES string of the molecule is Cc1cc(NC(=O)/C=C/c2ccc(Cl)c([N+](=O)[O-])c2)n(Cc2ccccc2)n1. The van der Waals surface area contributed by atoms with Gasteiger partial charge < -0.3 is 5.32 Å². The van der Waals surface area contributed by atoms with E-state index in [4.69, 9.17) is 11.6 Å². The van der Waals surface area contributed by atoms with E-state index in [0.717, 1.165) is 11.3 Å². The molecule has 0 bridgehead atoms. The molecular formula is C20H17ClN4O3. The summed E-state index contributed by atoms with van der Waals surface area (Å²) < 4.78 is 1.71. The third-order valence-corrected chi connectivity index (χ3v) is 4.24. The van der Waals surface area contributed by atoms with E-state index in [0.29, 0.717) is 17.9 Å². The number of amides is 1. The number of benzene rings is 2. The number of nitrogens with zero attached hydrogens (tertiary/aromatic N) is 3. The lowest BCUT2D eigenvalue weighted by molar-refractivity contribution is -0.384. The lowest BCUT2D eigenvalue weighted by Crippen LogP contribution is -2.13. The molecule has 0 aliphatic heterocycles. The Hall–Kier alpha value is -3.45. The molecule has 3 rings (SSSR count). The van der Waals surface area contributed by atoms with Crippen molar-refractivity contribution in [2.45, 2.75) is 13.5 Å². The van der Waals surface area contributed by atoms with Gasteiger partial charge in [-0.2, -0.15) is 5.10 Å². The van der Waals surface area contributed by atoms with Gasteiger partial charge in [-0.1, -0.05) is 48.0 Å². The van der Waals surface area contributed by atoms with Gasteiger partial charge in [-0.05, 0) is 30.2 Å². The van der Waals surface area contributed by atoms with Gasteiger partial charge in [0.25, 0.3) is 5.69 Å². The fraction of sp³-hybridized carbons (Fsp3) is 0.100. The summed E-state index contributed by atoms with van der Waals surface area (Å²) in [5.74, 6) is 0.199. The Morgan fingerprint density at radius 1 is 1.25 bits per heavy atom. The Morgan fingerprint density at radius 3 is 2.71 bits per heavy atom. The maximum absolute atomic E-state index is 12.3. The topological polar surface area (TPSA) is 90.1 Å². The van der Waals surface area contributed by atoms with Crippen molar-refractivity contribution in [1.29, 1.82) is 0 Å². The van der Waals surface area contributed by atoms with E-state index >= 15 is 0 Å². The number of carbonyl (C=O) groups is 1. The Balaban J connectivity index is 1.72. The number of nitrogens with one attached hydrogen (secondary N) is 1. The smallest absolute Gasteiger partial charge is 0.288 e. The highest BCUT2D eigenvalue weighted by Crippen LogP contribution is 2.25. The standard InChI is InChI=1S/C20H17ClN4O3/c1-14-11-19(24(23-14)13-16-5-3-2-4-6-16)22-20(26)10-8-15-7-9-17(21)18(12-15)25(27)28/h2-12H,13H2,1H3,(H,22,26)/b10-8+. The molecule has 142 valence electrons. The van der Waals surface area contributed by atoms with E-state index in [2.05, 4.69) is 10.4 Å². The highest BCUT2D eigenvalue weighted by atomic mass is 35.5. The molecule has 0 spiro atoms. The van der Waals surface area contributed by atoms with Crippen LogP contribution in [0.15, 0.2) is 60.7 Å². The molecule has 0 aliphatic carbocycles. The second kappa shape index (κ2) is 8.49. The molecule has 1 amide bonds. The third-order valence-electron chi connectivity index (χ3n) is 3.92. The van der Waals surface area contributed by atoms with Crippen LogP contribution in [0.1, 0.15) is 16.8 Å². The number of halogens is 1. The molecule has 0 radical (unpaired) electrons. The minimum atomic E-state index is -0.565. The van der Waals surface area contributed by atoms with Crippen LogP contribution < -0.4 is 5.32 Å². The fourth-order valence-electron chi connectivity index (χ4n) is 2.64. The highest BCUT2D eigenvalue weighted by Gasteiger charge is 2.12. The quantitative estimate of drug-likeness (QED) is 0.378. The van der Waals surface area contributed by atoms with E-state index in [1.165, 1.54) is 24.3 Å². The van der Waals surface area contributed by atoms with Gasteiger partial charge in [0.1, 0.15) is 10.8 Å². The molecule has 1 heterocycles. The number of anilines is 1. The van der Waals surface area contributed by atoms with Crippen molar-refractivity contribution in [3.63, 3.8) is 0 Å². The first-order valence-corrected chi connectivity index (χ1v) is 8.81. The zero-order chi connectivity index (χ0) is 20.1. The van der Waals surface area contributed by atoms with E-state index in [9.17, 15) is 14.9 Å². The van der Waals surface area contributed by atoms with Crippen molar-refractivity contribution in [3.05, 3.63) is 92.6 Å². The summed E-state index contributed by atoms with van der Waals surface area (Å²) in [6, 6.07) is 15.9. The lowest BCUT2D eigenvalue weighted by Gasteiger charge is -2.07. The van der Waals surface area contributed by atoms with Crippen molar-refractivity contribution in [2.24, 2.45) is 0 Å². The van der Waals surface area contributed by atoms with E-state index in [-0.39, 0.29) is 16.6 Å². The van der Waals surface area contributed by atoms with Gasteiger partial charge in [-0.15, -0.1) is 0 Å². The van der Waals surface area contributed by atoms with Crippen LogP contribution in [0.25, 0.3) is 6.08 Å². The summed E-state index contributed by atoms with van der Waals surface area (Å²) in [5.41, 5.74) is 2.13. The molecular weight excluding hydrogens is 380 g/mol. The average molecular weight is 397 g/mol. The third kappa shape index (κ3) is 4.83. The molecule has 1 aromatic heterocycles. The number of hydrogen-bond acceptors (Lipinski definition) is 4. The first kappa shape index (κ1) is 19.3. The Bertz CT molecular complexity index is 1040. The second-order valence-electron chi connectivity index (χ2n) is 6.10. The van der Waals surface area contributed by atoms with Gasteiger partial charge in [-0.25, -0.2) is 4.68 Å². The maximum Gasteiger partial charge on any atom is 0.288 e. The zero-order valence-electron chi connectivity index (χ0n) is 15.0. The number of rotatable bonds is 6. The zero-order valence-corrected chi connectivity index (χ0v) is 15.8. The van der Waals surface area contributed by atoms with Crippen molar-refractivity contribution < 1.29 is 9.72 Å². The predicted octanol–water partition coefficient (Wildman–Crippen LogP) is 4.45. The second-order valence-corrected chi connectivity index (χ2v) is 6.51. The van der Waals surface area contributed by atoms with Crippen LogP contribution in [-0.4, -0.2) is 20.6 Å². The molecule has 2 aromatic carbocycles. The summed E-state index contributed by atoms with van der Waals surface area (Å²) in [5, 5.41) is 18.2. The number of carbonyl (C=O) groups excluding carboxylic acids is 1. The van der Waals surface area contributed by atoms with Crippen LogP contribution in [0.3, 0.4) is 0 Å². The van der Waals surface area contributed by atoms with Crippen LogP contribution >= 0.6 is 11.6 Å². The van der Waals surface area contributed by atoms with Crippen LogP contribution in [0, 0.1) is 17.0 Å². The summed E-state index contributed by atoms with van der Waals surface area (Å²) >= 11 is 5.79. The highest BCUT2D eigenvalue weighted by molar-refractivity contribution is 6.32. The Kier molecular flexibility index (Phi) is 5.86. The fourth-order valence-corrected chi connectivity index (χ4v) is 2.82. The van der Waals surface area contributed by atoms with Crippen LogP contribution in [0.5, 0.6) is 0 Å². The van der Waals surface area contributed by atoms with E-state index in [1.54, 1.807) is 16.8 Å². The number of aromatic nitrogens is 2. The summed E-state index contributed by atoms with van der Waals surface area (Å²) in [7, 11) is 0. The number of aryl methyl sites for hydroxylation is 1. The molecule has 28 heavy (non-hydrogen) atoms. The number of nitro groups is 1. The molecule has 7 nitrogen and oxygen atoms in total. The predicted molar refractivity (Wildman–Crippen MR) is 108 cm³/mol. The molecule has 0 saturated heterocycles. The van der Waals surface area contributed by atoms with Crippen LogP contribution in [-0.2, 0) is 11.3 Å². The molecule has 0 fully saturated rings. The molecule has 1 N–H and O–H groups in total. The number of hydrogen-bond donors (Lipinski definition) is 1. The van der Waals surface area contributed by atoms with Gasteiger partial charge in [0.2, 0.25) is 5.91 Å². The van der Waals surface area contributed by atoms with Gasteiger partial charge in [0.15, 0.2) is 0 Å². The molecule has 0 saturated carbocycles. The minimum absolute atomic E-state index is 0.0480. The molecule has 0 atom stereocenters. The minimum Gasteiger partial charge on any atom is -0.307 e. The van der Waals surface area contributed by atoms with Gasteiger partial charge in [-0.3, -0.25) is 14.9 Å². The van der Waals surface area contributed by atoms with Crippen molar-refractivity contribution in [3.8, 4) is 0 Å². The Morgan fingerprint density at radius 2 is 2.00 bits per heavy atom. The summed E-state index contributed by atoms with van der Waals surface area (Å²) in [6.07, 6.45) is 2.80. The maximum atomic E-state index is 12.3.